The molecule has 3 aromatic rings. The van der Waals surface area contributed by atoms with Crippen molar-refractivity contribution in [2.45, 2.75) is 12.8 Å². The molecule has 150 valence electrons. The zero-order chi connectivity index (χ0) is 20.4. The van der Waals surface area contributed by atoms with E-state index in [1.165, 1.54) is 16.9 Å². The number of piperidine rings is 1. The molecule has 1 aliphatic heterocycles. The SMILES string of the molecule is CNC(=O)C1CCN(C(=O)c2cnn(-c3ccccc3F)c2-n2cccc2)CC1. The highest BCUT2D eigenvalue weighted by Gasteiger charge is 2.30. The number of hydrogen-bond acceptors (Lipinski definition) is 3. The van der Waals surface area contributed by atoms with Gasteiger partial charge in [-0.15, -0.1) is 0 Å². The van der Waals surface area contributed by atoms with Gasteiger partial charge < -0.3 is 14.8 Å². The lowest BCUT2D eigenvalue weighted by Crippen LogP contribution is -2.42. The summed E-state index contributed by atoms with van der Waals surface area (Å²) in [5, 5.41) is 6.99. The van der Waals surface area contributed by atoms with Crippen molar-refractivity contribution in [2.24, 2.45) is 5.92 Å². The van der Waals surface area contributed by atoms with Gasteiger partial charge in [0, 0.05) is 38.4 Å². The molecule has 0 atom stereocenters. The molecule has 1 fully saturated rings. The fourth-order valence-corrected chi connectivity index (χ4v) is 3.74. The van der Waals surface area contributed by atoms with Gasteiger partial charge in [0.25, 0.3) is 5.91 Å². The normalized spacial score (nSPS) is 14.8. The molecule has 1 saturated heterocycles. The van der Waals surface area contributed by atoms with Crippen molar-refractivity contribution in [3.63, 3.8) is 0 Å². The number of aromatic nitrogens is 3. The number of para-hydroxylation sites is 1. The summed E-state index contributed by atoms with van der Waals surface area (Å²) in [6, 6.07) is 9.99. The van der Waals surface area contributed by atoms with Crippen molar-refractivity contribution in [2.75, 3.05) is 20.1 Å². The lowest BCUT2D eigenvalue weighted by Gasteiger charge is -2.31. The van der Waals surface area contributed by atoms with E-state index in [0.29, 0.717) is 37.3 Å². The third-order valence-electron chi connectivity index (χ3n) is 5.30. The van der Waals surface area contributed by atoms with Crippen molar-refractivity contribution in [3.05, 3.63) is 66.4 Å². The smallest absolute Gasteiger partial charge is 0.259 e. The Morgan fingerprint density at radius 2 is 1.79 bits per heavy atom. The molecule has 2 aromatic heterocycles. The van der Waals surface area contributed by atoms with E-state index >= 15 is 0 Å². The molecule has 7 nitrogen and oxygen atoms in total. The molecule has 8 heteroatoms. The maximum Gasteiger partial charge on any atom is 0.259 e. The highest BCUT2D eigenvalue weighted by atomic mass is 19.1. The Labute approximate surface area is 167 Å². The fraction of sp³-hybridized carbons (Fsp3) is 0.286. The molecule has 4 rings (SSSR count). The van der Waals surface area contributed by atoms with E-state index in [1.807, 2.05) is 12.1 Å². The summed E-state index contributed by atoms with van der Waals surface area (Å²) in [5.74, 6) is -0.175. The van der Waals surface area contributed by atoms with Crippen LogP contribution in [-0.2, 0) is 4.79 Å². The largest absolute Gasteiger partial charge is 0.359 e. The Bertz CT molecular complexity index is 1020. The molecule has 0 saturated carbocycles. The van der Waals surface area contributed by atoms with Gasteiger partial charge in [-0.1, -0.05) is 12.1 Å². The minimum atomic E-state index is -0.422. The Morgan fingerprint density at radius 3 is 2.45 bits per heavy atom. The van der Waals surface area contributed by atoms with Gasteiger partial charge in [-0.2, -0.15) is 5.10 Å². The van der Waals surface area contributed by atoms with E-state index in [9.17, 15) is 14.0 Å². The minimum absolute atomic E-state index is 0.0116. The quantitative estimate of drug-likeness (QED) is 0.737. The number of carbonyl (C=O) groups is 2. The van der Waals surface area contributed by atoms with Gasteiger partial charge in [-0.25, -0.2) is 9.07 Å². The maximum atomic E-state index is 14.4. The van der Waals surface area contributed by atoms with Crippen LogP contribution >= 0.6 is 0 Å². The van der Waals surface area contributed by atoms with Crippen LogP contribution in [0.3, 0.4) is 0 Å². The summed E-state index contributed by atoms with van der Waals surface area (Å²) in [6.45, 7) is 0.986. The molecule has 1 aliphatic rings. The van der Waals surface area contributed by atoms with Crippen LogP contribution < -0.4 is 5.32 Å². The number of rotatable bonds is 4. The zero-order valence-corrected chi connectivity index (χ0v) is 16.1. The summed E-state index contributed by atoms with van der Waals surface area (Å²) in [6.07, 6.45) is 6.30. The van der Waals surface area contributed by atoms with Gasteiger partial charge in [0.1, 0.15) is 17.1 Å². The van der Waals surface area contributed by atoms with Crippen molar-refractivity contribution >= 4 is 11.8 Å². The molecule has 29 heavy (non-hydrogen) atoms. The molecule has 3 heterocycles. The zero-order valence-electron chi connectivity index (χ0n) is 16.1. The molecular formula is C21H22FN5O2. The number of hydrogen-bond donors (Lipinski definition) is 1. The monoisotopic (exact) mass is 395 g/mol. The van der Waals surface area contributed by atoms with Crippen LogP contribution in [0, 0.1) is 11.7 Å². The molecule has 1 aromatic carbocycles. The van der Waals surface area contributed by atoms with Gasteiger partial charge in [0.2, 0.25) is 5.91 Å². The number of amides is 2. The number of halogens is 1. The Balaban J connectivity index is 1.67. The van der Waals surface area contributed by atoms with Crippen LogP contribution in [-0.4, -0.2) is 51.2 Å². The third-order valence-corrected chi connectivity index (χ3v) is 5.30. The first-order valence-corrected chi connectivity index (χ1v) is 9.57. The van der Waals surface area contributed by atoms with Crippen LogP contribution in [0.5, 0.6) is 0 Å². The lowest BCUT2D eigenvalue weighted by atomic mass is 9.95. The molecule has 0 radical (unpaired) electrons. The van der Waals surface area contributed by atoms with Crippen molar-refractivity contribution in [3.8, 4) is 11.5 Å². The Hall–Kier alpha value is -3.42. The molecule has 0 unspecified atom stereocenters. The summed E-state index contributed by atoms with van der Waals surface area (Å²) in [7, 11) is 1.63. The first-order chi connectivity index (χ1) is 14.1. The number of carbonyl (C=O) groups excluding carboxylic acids is 2. The van der Waals surface area contributed by atoms with Crippen LogP contribution in [0.25, 0.3) is 11.5 Å². The van der Waals surface area contributed by atoms with Crippen molar-refractivity contribution in [1.82, 2.24) is 24.6 Å². The predicted octanol–water partition coefficient (Wildman–Crippen LogP) is 2.40. The first-order valence-electron chi connectivity index (χ1n) is 9.57. The van der Waals surface area contributed by atoms with E-state index in [1.54, 1.807) is 47.1 Å². The van der Waals surface area contributed by atoms with Gasteiger partial charge in [0.05, 0.1) is 6.20 Å². The van der Waals surface area contributed by atoms with Crippen molar-refractivity contribution in [1.29, 1.82) is 0 Å². The summed E-state index contributed by atoms with van der Waals surface area (Å²) < 4.78 is 17.6. The molecule has 0 bridgehead atoms. The highest BCUT2D eigenvalue weighted by molar-refractivity contribution is 5.97. The standard InChI is InChI=1S/C21H22FN5O2/c1-23-19(28)15-8-12-26(13-9-15)21(29)16-14-24-27(18-7-3-2-6-17(18)22)20(16)25-10-4-5-11-25/h2-7,10-11,14-15H,8-9,12-13H2,1H3,(H,23,28). The van der Waals surface area contributed by atoms with Gasteiger partial charge in [-0.3, -0.25) is 9.59 Å². The number of likely N-dealkylation sites (tertiary alicyclic amines) is 1. The van der Waals surface area contributed by atoms with E-state index in [4.69, 9.17) is 0 Å². The fourth-order valence-electron chi connectivity index (χ4n) is 3.74. The average molecular weight is 395 g/mol. The predicted molar refractivity (Wildman–Crippen MR) is 106 cm³/mol. The van der Waals surface area contributed by atoms with Crippen LogP contribution in [0.2, 0.25) is 0 Å². The van der Waals surface area contributed by atoms with E-state index < -0.39 is 5.82 Å². The van der Waals surface area contributed by atoms with Crippen LogP contribution in [0.1, 0.15) is 23.2 Å². The van der Waals surface area contributed by atoms with Crippen LogP contribution in [0.15, 0.2) is 55.0 Å². The maximum absolute atomic E-state index is 14.4. The van der Waals surface area contributed by atoms with Gasteiger partial charge in [-0.05, 0) is 37.1 Å². The number of nitrogens with zero attached hydrogens (tertiary/aromatic N) is 4. The topological polar surface area (TPSA) is 72.2 Å². The Kier molecular flexibility index (Phi) is 5.16. The van der Waals surface area contributed by atoms with E-state index in [2.05, 4.69) is 10.4 Å². The molecule has 0 aliphatic carbocycles. The second-order valence-corrected chi connectivity index (χ2v) is 7.02. The average Bonchev–Trinajstić information content (AvgIpc) is 3.42. The highest BCUT2D eigenvalue weighted by Crippen LogP contribution is 2.25. The molecule has 0 spiro atoms. The number of nitrogens with one attached hydrogen (secondary N) is 1. The van der Waals surface area contributed by atoms with Crippen molar-refractivity contribution < 1.29 is 14.0 Å². The molecule has 1 N–H and O–H groups in total. The summed E-state index contributed by atoms with van der Waals surface area (Å²) >= 11 is 0. The van der Waals surface area contributed by atoms with Gasteiger partial charge >= 0.3 is 0 Å². The first kappa shape index (κ1) is 18.9. The van der Waals surface area contributed by atoms with E-state index in [0.717, 1.165) is 0 Å². The number of benzene rings is 1. The second kappa shape index (κ2) is 7.90. The molecule has 2 amide bonds. The summed E-state index contributed by atoms with van der Waals surface area (Å²) in [5.41, 5.74) is 0.663. The lowest BCUT2D eigenvalue weighted by molar-refractivity contribution is -0.125. The van der Waals surface area contributed by atoms with E-state index in [-0.39, 0.29) is 23.4 Å². The summed E-state index contributed by atoms with van der Waals surface area (Å²) in [4.78, 5) is 26.8. The van der Waals surface area contributed by atoms with Gasteiger partial charge in [0.15, 0.2) is 5.82 Å². The Morgan fingerprint density at radius 1 is 1.10 bits per heavy atom. The third kappa shape index (κ3) is 3.53. The van der Waals surface area contributed by atoms with Crippen LogP contribution in [0.4, 0.5) is 4.39 Å². The molecular weight excluding hydrogens is 373 g/mol. The minimum Gasteiger partial charge on any atom is -0.359 e. The second-order valence-electron chi connectivity index (χ2n) is 7.02.